The molecule has 0 radical (unpaired) electrons. The van der Waals surface area contributed by atoms with E-state index in [9.17, 15) is 9.90 Å². The SMILES string of the molecule is CCN(CCCN(C)C)C(=O)c1ccncc1O. The molecule has 0 aromatic carbocycles. The molecule has 0 saturated carbocycles. The summed E-state index contributed by atoms with van der Waals surface area (Å²) in [6.45, 7) is 4.20. The van der Waals surface area contributed by atoms with E-state index >= 15 is 0 Å². The van der Waals surface area contributed by atoms with Crippen LogP contribution in [-0.4, -0.2) is 59.5 Å². The number of pyridine rings is 1. The molecule has 18 heavy (non-hydrogen) atoms. The Morgan fingerprint density at radius 3 is 2.67 bits per heavy atom. The molecule has 0 aliphatic rings. The summed E-state index contributed by atoms with van der Waals surface area (Å²) in [6.07, 6.45) is 3.72. The van der Waals surface area contributed by atoms with Crippen LogP contribution in [0.5, 0.6) is 5.75 Å². The number of aromatic nitrogens is 1. The molecule has 1 aromatic heterocycles. The Kier molecular flexibility index (Phi) is 5.58. The van der Waals surface area contributed by atoms with Crippen LogP contribution in [-0.2, 0) is 0 Å². The molecule has 1 heterocycles. The summed E-state index contributed by atoms with van der Waals surface area (Å²) in [7, 11) is 4.01. The van der Waals surface area contributed by atoms with Crippen molar-refractivity contribution in [2.75, 3.05) is 33.7 Å². The number of carbonyl (C=O) groups excluding carboxylic acids is 1. The van der Waals surface area contributed by atoms with Crippen molar-refractivity contribution in [3.05, 3.63) is 24.0 Å². The number of hydrogen-bond acceptors (Lipinski definition) is 4. The zero-order valence-corrected chi connectivity index (χ0v) is 11.3. The van der Waals surface area contributed by atoms with E-state index in [-0.39, 0.29) is 11.7 Å². The second-order valence-electron chi connectivity index (χ2n) is 4.43. The van der Waals surface area contributed by atoms with Gasteiger partial charge in [-0.25, -0.2) is 0 Å². The standard InChI is InChI=1S/C13H21N3O2/c1-4-16(9-5-8-15(2)3)13(18)11-6-7-14-10-12(11)17/h6-7,10,17H,4-5,8-9H2,1-3H3. The van der Waals surface area contributed by atoms with Crippen LogP contribution in [0, 0.1) is 0 Å². The highest BCUT2D eigenvalue weighted by Crippen LogP contribution is 2.16. The maximum atomic E-state index is 12.2. The van der Waals surface area contributed by atoms with Crippen molar-refractivity contribution < 1.29 is 9.90 Å². The number of amides is 1. The van der Waals surface area contributed by atoms with Crippen LogP contribution < -0.4 is 0 Å². The number of aromatic hydroxyl groups is 1. The molecule has 0 atom stereocenters. The number of nitrogens with zero attached hydrogens (tertiary/aromatic N) is 3. The second kappa shape index (κ2) is 6.96. The summed E-state index contributed by atoms with van der Waals surface area (Å²) in [4.78, 5) is 19.8. The van der Waals surface area contributed by atoms with Gasteiger partial charge in [-0.3, -0.25) is 9.78 Å². The van der Waals surface area contributed by atoms with E-state index in [0.29, 0.717) is 18.7 Å². The second-order valence-corrected chi connectivity index (χ2v) is 4.43. The van der Waals surface area contributed by atoms with Crippen LogP contribution in [0.3, 0.4) is 0 Å². The van der Waals surface area contributed by atoms with Gasteiger partial charge in [0.1, 0.15) is 5.75 Å². The largest absolute Gasteiger partial charge is 0.505 e. The van der Waals surface area contributed by atoms with Crippen molar-refractivity contribution >= 4 is 5.91 Å². The quantitative estimate of drug-likeness (QED) is 0.825. The monoisotopic (exact) mass is 251 g/mol. The van der Waals surface area contributed by atoms with Gasteiger partial charge in [-0.1, -0.05) is 0 Å². The van der Waals surface area contributed by atoms with Crippen molar-refractivity contribution in [1.29, 1.82) is 0 Å². The Hall–Kier alpha value is -1.62. The van der Waals surface area contributed by atoms with Gasteiger partial charge in [-0.2, -0.15) is 0 Å². The Morgan fingerprint density at radius 2 is 2.11 bits per heavy atom. The molecule has 1 aromatic rings. The van der Waals surface area contributed by atoms with Crippen molar-refractivity contribution in [2.24, 2.45) is 0 Å². The van der Waals surface area contributed by atoms with Crippen LogP contribution in [0.4, 0.5) is 0 Å². The third-order valence-corrected chi connectivity index (χ3v) is 2.73. The number of hydrogen-bond donors (Lipinski definition) is 1. The van der Waals surface area contributed by atoms with E-state index in [4.69, 9.17) is 0 Å². The zero-order chi connectivity index (χ0) is 13.5. The Balaban J connectivity index is 2.65. The van der Waals surface area contributed by atoms with Gasteiger partial charge >= 0.3 is 0 Å². The van der Waals surface area contributed by atoms with E-state index in [2.05, 4.69) is 9.88 Å². The number of carbonyl (C=O) groups is 1. The van der Waals surface area contributed by atoms with Gasteiger partial charge in [-0.15, -0.1) is 0 Å². The average Bonchev–Trinajstić information content (AvgIpc) is 2.34. The first-order valence-electron chi connectivity index (χ1n) is 6.13. The molecule has 0 spiro atoms. The average molecular weight is 251 g/mol. The third-order valence-electron chi connectivity index (χ3n) is 2.73. The van der Waals surface area contributed by atoms with Gasteiger partial charge < -0.3 is 14.9 Å². The third kappa shape index (κ3) is 4.00. The smallest absolute Gasteiger partial charge is 0.257 e. The predicted molar refractivity (Wildman–Crippen MR) is 70.7 cm³/mol. The summed E-state index contributed by atoms with van der Waals surface area (Å²) in [5, 5.41) is 9.62. The molecule has 5 heteroatoms. The van der Waals surface area contributed by atoms with E-state index < -0.39 is 0 Å². The predicted octanol–water partition coefficient (Wildman–Crippen LogP) is 1.20. The topological polar surface area (TPSA) is 56.7 Å². The highest BCUT2D eigenvalue weighted by Gasteiger charge is 2.17. The molecule has 1 rings (SSSR count). The maximum absolute atomic E-state index is 12.2. The Labute approximate surface area is 108 Å². The zero-order valence-electron chi connectivity index (χ0n) is 11.3. The molecule has 0 fully saturated rings. The summed E-state index contributed by atoms with van der Waals surface area (Å²) >= 11 is 0. The Morgan fingerprint density at radius 1 is 1.39 bits per heavy atom. The summed E-state index contributed by atoms with van der Waals surface area (Å²) < 4.78 is 0. The minimum atomic E-state index is -0.142. The van der Waals surface area contributed by atoms with Crippen LogP contribution in [0.2, 0.25) is 0 Å². The van der Waals surface area contributed by atoms with Crippen LogP contribution in [0.25, 0.3) is 0 Å². The van der Waals surface area contributed by atoms with Gasteiger partial charge in [0.15, 0.2) is 0 Å². The Bertz CT molecular complexity index is 394. The lowest BCUT2D eigenvalue weighted by molar-refractivity contribution is 0.0756. The van der Waals surface area contributed by atoms with E-state index in [0.717, 1.165) is 13.0 Å². The molecule has 0 aliphatic heterocycles. The summed E-state index contributed by atoms with van der Waals surface area (Å²) in [6, 6.07) is 1.55. The van der Waals surface area contributed by atoms with Crippen molar-refractivity contribution in [3.8, 4) is 5.75 Å². The normalized spacial score (nSPS) is 10.7. The molecule has 0 bridgehead atoms. The van der Waals surface area contributed by atoms with Gasteiger partial charge in [0.25, 0.3) is 5.91 Å². The van der Waals surface area contributed by atoms with Crippen LogP contribution in [0.15, 0.2) is 18.5 Å². The maximum Gasteiger partial charge on any atom is 0.257 e. The van der Waals surface area contributed by atoms with Gasteiger partial charge in [-0.05, 0) is 40.1 Å². The molecule has 1 N–H and O–H groups in total. The van der Waals surface area contributed by atoms with E-state index in [1.54, 1.807) is 11.0 Å². The lowest BCUT2D eigenvalue weighted by Gasteiger charge is -2.22. The van der Waals surface area contributed by atoms with Crippen molar-refractivity contribution in [3.63, 3.8) is 0 Å². The summed E-state index contributed by atoms with van der Waals surface area (Å²) in [5.41, 5.74) is 0.316. The first kappa shape index (κ1) is 14.4. The van der Waals surface area contributed by atoms with Crippen molar-refractivity contribution in [2.45, 2.75) is 13.3 Å². The van der Waals surface area contributed by atoms with Gasteiger partial charge in [0.2, 0.25) is 0 Å². The fourth-order valence-electron chi connectivity index (χ4n) is 1.72. The van der Waals surface area contributed by atoms with E-state index in [1.807, 2.05) is 21.0 Å². The molecule has 5 nitrogen and oxygen atoms in total. The van der Waals surface area contributed by atoms with Crippen LogP contribution in [0.1, 0.15) is 23.7 Å². The molecule has 100 valence electrons. The summed E-state index contributed by atoms with van der Waals surface area (Å²) in [5.74, 6) is -0.204. The fraction of sp³-hybridized carbons (Fsp3) is 0.538. The van der Waals surface area contributed by atoms with Crippen molar-refractivity contribution in [1.82, 2.24) is 14.8 Å². The molecule has 0 aliphatic carbocycles. The first-order chi connectivity index (χ1) is 8.56. The minimum Gasteiger partial charge on any atom is -0.505 e. The lowest BCUT2D eigenvalue weighted by atomic mass is 10.2. The fourth-order valence-corrected chi connectivity index (χ4v) is 1.72. The molecular formula is C13H21N3O2. The van der Waals surface area contributed by atoms with Gasteiger partial charge in [0, 0.05) is 19.3 Å². The molecule has 1 amide bonds. The first-order valence-corrected chi connectivity index (χ1v) is 6.13. The molecule has 0 saturated heterocycles. The highest BCUT2D eigenvalue weighted by molar-refractivity contribution is 5.96. The molecule has 0 unspecified atom stereocenters. The highest BCUT2D eigenvalue weighted by atomic mass is 16.3. The molecular weight excluding hydrogens is 230 g/mol. The minimum absolute atomic E-state index is 0.0615. The lowest BCUT2D eigenvalue weighted by Crippen LogP contribution is -2.33. The number of rotatable bonds is 6. The van der Waals surface area contributed by atoms with Gasteiger partial charge in [0.05, 0.1) is 11.8 Å². The van der Waals surface area contributed by atoms with Crippen LogP contribution >= 0.6 is 0 Å². The van der Waals surface area contributed by atoms with E-state index in [1.165, 1.54) is 12.4 Å².